The van der Waals surface area contributed by atoms with Crippen LogP contribution in [0.2, 0.25) is 0 Å². The minimum absolute atomic E-state index is 0.516. The standard InChI is InChI=1S/C21H27N5O2/c1-15(2)17-4-6-18(7-5-17)21-22-20(28-24-21)14-26-10-8-25(9-11-26)13-19-12-16(3)27-23-19/h4-7,12,15H,8-11,13-14H2,1-3H3. The second kappa shape index (κ2) is 8.24. The van der Waals surface area contributed by atoms with Crippen LogP contribution in [0.3, 0.4) is 0 Å². The second-order valence-electron chi connectivity index (χ2n) is 7.77. The average Bonchev–Trinajstić information content (AvgIpc) is 3.32. The Hall–Kier alpha value is -2.51. The maximum absolute atomic E-state index is 5.49. The van der Waals surface area contributed by atoms with Gasteiger partial charge < -0.3 is 9.05 Å². The van der Waals surface area contributed by atoms with Crippen LogP contribution in [0.5, 0.6) is 0 Å². The molecule has 1 aromatic carbocycles. The van der Waals surface area contributed by atoms with Gasteiger partial charge in [-0.05, 0) is 18.4 Å². The van der Waals surface area contributed by atoms with E-state index < -0.39 is 0 Å². The molecule has 1 aliphatic rings. The molecule has 148 valence electrons. The summed E-state index contributed by atoms with van der Waals surface area (Å²) in [6, 6.07) is 10.4. The van der Waals surface area contributed by atoms with Crippen molar-refractivity contribution in [1.82, 2.24) is 25.1 Å². The zero-order valence-electron chi connectivity index (χ0n) is 16.8. The fourth-order valence-electron chi connectivity index (χ4n) is 3.47. The van der Waals surface area contributed by atoms with E-state index in [-0.39, 0.29) is 0 Å². The van der Waals surface area contributed by atoms with Crippen LogP contribution in [0.1, 0.15) is 42.7 Å². The zero-order chi connectivity index (χ0) is 19.5. The molecule has 0 spiro atoms. The minimum Gasteiger partial charge on any atom is -0.361 e. The summed E-state index contributed by atoms with van der Waals surface area (Å²) in [6.45, 7) is 11.7. The van der Waals surface area contributed by atoms with Crippen molar-refractivity contribution < 1.29 is 9.05 Å². The van der Waals surface area contributed by atoms with E-state index in [9.17, 15) is 0 Å². The van der Waals surface area contributed by atoms with E-state index in [1.165, 1.54) is 5.56 Å². The largest absolute Gasteiger partial charge is 0.361 e. The Bertz CT molecular complexity index is 892. The van der Waals surface area contributed by atoms with Crippen LogP contribution in [0, 0.1) is 6.92 Å². The average molecular weight is 381 g/mol. The summed E-state index contributed by atoms with van der Waals surface area (Å²) in [5, 5.41) is 8.24. The van der Waals surface area contributed by atoms with Gasteiger partial charge in [0.05, 0.1) is 12.2 Å². The van der Waals surface area contributed by atoms with Crippen LogP contribution in [0.4, 0.5) is 0 Å². The number of hydrogen-bond donors (Lipinski definition) is 0. The SMILES string of the molecule is Cc1cc(CN2CCN(Cc3nc(-c4ccc(C(C)C)cc4)no3)CC2)no1. The fraction of sp³-hybridized carbons (Fsp3) is 0.476. The molecule has 4 rings (SSSR count). The highest BCUT2D eigenvalue weighted by Crippen LogP contribution is 2.21. The summed E-state index contributed by atoms with van der Waals surface area (Å²) < 4.78 is 10.6. The topological polar surface area (TPSA) is 71.4 Å². The molecule has 0 aliphatic carbocycles. The molecule has 0 bridgehead atoms. The highest BCUT2D eigenvalue weighted by atomic mass is 16.5. The van der Waals surface area contributed by atoms with Crippen LogP contribution in [0.25, 0.3) is 11.4 Å². The lowest BCUT2D eigenvalue weighted by atomic mass is 10.0. The van der Waals surface area contributed by atoms with Crippen molar-refractivity contribution in [3.05, 3.63) is 53.2 Å². The van der Waals surface area contributed by atoms with E-state index in [0.717, 1.165) is 49.7 Å². The summed E-state index contributed by atoms with van der Waals surface area (Å²) in [4.78, 5) is 9.33. The molecular formula is C21H27N5O2. The smallest absolute Gasteiger partial charge is 0.241 e. The molecule has 1 fully saturated rings. The monoisotopic (exact) mass is 381 g/mol. The number of benzene rings is 1. The molecule has 0 radical (unpaired) electrons. The number of nitrogens with zero attached hydrogens (tertiary/aromatic N) is 5. The predicted molar refractivity (Wildman–Crippen MR) is 106 cm³/mol. The molecule has 1 saturated heterocycles. The molecule has 7 nitrogen and oxygen atoms in total. The van der Waals surface area contributed by atoms with E-state index in [2.05, 4.69) is 63.2 Å². The number of piperazine rings is 1. The van der Waals surface area contributed by atoms with Crippen molar-refractivity contribution in [3.63, 3.8) is 0 Å². The van der Waals surface area contributed by atoms with Gasteiger partial charge >= 0.3 is 0 Å². The van der Waals surface area contributed by atoms with Crippen molar-refractivity contribution in [3.8, 4) is 11.4 Å². The fourth-order valence-corrected chi connectivity index (χ4v) is 3.47. The molecule has 0 unspecified atom stereocenters. The quantitative estimate of drug-likeness (QED) is 0.647. The van der Waals surface area contributed by atoms with Crippen molar-refractivity contribution in [2.45, 2.75) is 39.8 Å². The zero-order valence-corrected chi connectivity index (χ0v) is 16.8. The van der Waals surface area contributed by atoms with Crippen LogP contribution in [0.15, 0.2) is 39.4 Å². The van der Waals surface area contributed by atoms with Crippen molar-refractivity contribution >= 4 is 0 Å². The van der Waals surface area contributed by atoms with E-state index in [0.29, 0.717) is 24.2 Å². The first kappa shape index (κ1) is 18.8. The van der Waals surface area contributed by atoms with Crippen LogP contribution >= 0.6 is 0 Å². The highest BCUT2D eigenvalue weighted by Gasteiger charge is 2.20. The van der Waals surface area contributed by atoms with Gasteiger partial charge in [0.25, 0.3) is 0 Å². The molecule has 7 heteroatoms. The Morgan fingerprint density at radius 2 is 1.61 bits per heavy atom. The predicted octanol–water partition coefficient (Wildman–Crippen LogP) is 3.47. The Morgan fingerprint density at radius 1 is 0.929 bits per heavy atom. The van der Waals surface area contributed by atoms with E-state index in [1.807, 2.05) is 13.0 Å². The van der Waals surface area contributed by atoms with E-state index in [1.54, 1.807) is 0 Å². The summed E-state index contributed by atoms with van der Waals surface area (Å²) in [6.07, 6.45) is 0. The van der Waals surface area contributed by atoms with Crippen molar-refractivity contribution in [1.29, 1.82) is 0 Å². The first-order chi connectivity index (χ1) is 13.6. The lowest BCUT2D eigenvalue weighted by Gasteiger charge is -2.33. The van der Waals surface area contributed by atoms with Crippen LogP contribution in [-0.4, -0.2) is 51.3 Å². The first-order valence-electron chi connectivity index (χ1n) is 9.86. The van der Waals surface area contributed by atoms with E-state index in [4.69, 9.17) is 9.05 Å². The molecule has 2 aromatic heterocycles. The summed E-state index contributed by atoms with van der Waals surface area (Å²) in [5.41, 5.74) is 3.30. The number of hydrogen-bond acceptors (Lipinski definition) is 7. The minimum atomic E-state index is 0.516. The molecule has 3 heterocycles. The van der Waals surface area contributed by atoms with Crippen LogP contribution in [-0.2, 0) is 13.1 Å². The third-order valence-corrected chi connectivity index (χ3v) is 5.19. The molecule has 0 amide bonds. The number of aryl methyl sites for hydroxylation is 1. The summed E-state index contributed by atoms with van der Waals surface area (Å²) in [5.74, 6) is 2.70. The number of rotatable bonds is 6. The van der Waals surface area contributed by atoms with E-state index >= 15 is 0 Å². The Labute approximate surface area is 165 Å². The normalized spacial score (nSPS) is 16.1. The number of aromatic nitrogens is 3. The lowest BCUT2D eigenvalue weighted by Crippen LogP contribution is -2.45. The molecule has 0 atom stereocenters. The Balaban J connectivity index is 1.30. The van der Waals surface area contributed by atoms with Gasteiger partial charge in [-0.25, -0.2) is 0 Å². The van der Waals surface area contributed by atoms with Gasteiger partial charge in [0, 0.05) is 44.4 Å². The lowest BCUT2D eigenvalue weighted by molar-refractivity contribution is 0.110. The van der Waals surface area contributed by atoms with Gasteiger partial charge in [0.2, 0.25) is 11.7 Å². The Morgan fingerprint density at radius 3 is 2.21 bits per heavy atom. The molecule has 0 saturated carbocycles. The third-order valence-electron chi connectivity index (χ3n) is 5.19. The molecule has 3 aromatic rings. The Kier molecular flexibility index (Phi) is 5.54. The van der Waals surface area contributed by atoms with Crippen molar-refractivity contribution in [2.75, 3.05) is 26.2 Å². The van der Waals surface area contributed by atoms with Gasteiger partial charge in [0.15, 0.2) is 0 Å². The molecule has 28 heavy (non-hydrogen) atoms. The molecule has 1 aliphatic heterocycles. The summed E-state index contributed by atoms with van der Waals surface area (Å²) >= 11 is 0. The second-order valence-corrected chi connectivity index (χ2v) is 7.77. The molecule has 0 N–H and O–H groups in total. The van der Waals surface area contributed by atoms with Crippen LogP contribution < -0.4 is 0 Å². The maximum Gasteiger partial charge on any atom is 0.241 e. The van der Waals surface area contributed by atoms with Gasteiger partial charge in [-0.15, -0.1) is 0 Å². The van der Waals surface area contributed by atoms with Crippen molar-refractivity contribution in [2.24, 2.45) is 0 Å². The van der Waals surface area contributed by atoms with Gasteiger partial charge in [0.1, 0.15) is 5.76 Å². The first-order valence-corrected chi connectivity index (χ1v) is 9.86. The maximum atomic E-state index is 5.49. The molecular weight excluding hydrogens is 354 g/mol. The third kappa shape index (κ3) is 4.48. The highest BCUT2D eigenvalue weighted by molar-refractivity contribution is 5.54. The van der Waals surface area contributed by atoms with Gasteiger partial charge in [-0.1, -0.05) is 48.4 Å². The van der Waals surface area contributed by atoms with Gasteiger partial charge in [-0.3, -0.25) is 9.80 Å². The summed E-state index contributed by atoms with van der Waals surface area (Å²) in [7, 11) is 0. The van der Waals surface area contributed by atoms with Gasteiger partial charge in [-0.2, -0.15) is 4.98 Å².